The van der Waals surface area contributed by atoms with Gasteiger partial charge in [-0.25, -0.2) is 0 Å². The van der Waals surface area contributed by atoms with E-state index in [9.17, 15) is 0 Å². The van der Waals surface area contributed by atoms with Crippen LogP contribution in [0.25, 0.3) is 0 Å². The summed E-state index contributed by atoms with van der Waals surface area (Å²) in [6.45, 7) is 0. The van der Waals surface area contributed by atoms with E-state index in [4.69, 9.17) is 4.43 Å². The first-order valence-electron chi connectivity index (χ1n) is 2.11. The van der Waals surface area contributed by atoms with Crippen LogP contribution in [0.5, 0.6) is 0 Å². The normalized spacial score (nSPS) is 12.5. The molecule has 0 bridgehead atoms. The quantitative estimate of drug-likeness (QED) is 0.351. The van der Waals surface area contributed by atoms with Gasteiger partial charge in [-0.2, -0.15) is 0 Å². The second-order valence-electron chi connectivity index (χ2n) is 2.32. The van der Waals surface area contributed by atoms with Crippen LogP contribution >= 0.6 is 0 Å². The monoisotopic (exact) mass is 80.0 g/mol. The molecule has 0 saturated heterocycles. The molecule has 6 heavy (non-hydrogen) atoms. The molecule has 0 aliphatic carbocycles. The summed E-state index contributed by atoms with van der Waals surface area (Å²) in [6.07, 6.45) is 0. The van der Waals surface area contributed by atoms with E-state index in [-0.39, 0.29) is 0 Å². The van der Waals surface area contributed by atoms with Gasteiger partial charge in [-0.3, -0.25) is 0 Å². The van der Waals surface area contributed by atoms with Crippen molar-refractivity contribution in [2.45, 2.75) is 0 Å². The van der Waals surface area contributed by atoms with Gasteiger partial charge in [0.15, 0.2) is 0 Å². The van der Waals surface area contributed by atoms with Gasteiger partial charge >= 0.3 is 65.9 Å². The predicted molar refractivity (Wildman–Crippen MR) is 30.0 cm³/mol. The molecule has 0 atom stereocenters. The van der Waals surface area contributed by atoms with Crippen molar-refractivity contribution in [3.8, 4) is 0 Å². The van der Waals surface area contributed by atoms with Crippen LogP contribution in [0.2, 0.25) is 0 Å². The van der Waals surface area contributed by atoms with Gasteiger partial charge in [0.1, 0.15) is 0 Å². The van der Waals surface area contributed by atoms with Gasteiger partial charge in [0, 0.05) is 0 Å². The van der Waals surface area contributed by atoms with Crippen molar-refractivity contribution in [1.29, 1.82) is 0 Å². The summed E-state index contributed by atoms with van der Waals surface area (Å²) < 4.78 is 3.95. The summed E-state index contributed by atoms with van der Waals surface area (Å²) in [7, 11) is 1.77. The Labute approximate surface area is 65.4 Å². The molecule has 0 fully saturated rings. The van der Waals surface area contributed by atoms with Crippen LogP contribution in [0.15, 0.2) is 0 Å². The summed E-state index contributed by atoms with van der Waals surface area (Å²) >= 11 is 6.48. The van der Waals surface area contributed by atoms with Crippen molar-refractivity contribution in [3.63, 3.8) is 0 Å². The third kappa shape index (κ3) is 5.97. The maximum absolute atomic E-state index is 5.08. The fourth-order valence-corrected chi connectivity index (χ4v) is 0. The Morgan fingerprint density at radius 1 is 1.33 bits per heavy atom. The van der Waals surface area contributed by atoms with Crippen molar-refractivity contribution in [2.24, 2.45) is 0 Å². The third-order valence-corrected chi connectivity index (χ3v) is 1.84. The molecule has 0 rings (SSSR count). The zero-order chi connectivity index (χ0) is 5.21. The van der Waals surface area contributed by atoms with Crippen molar-refractivity contribution in [3.05, 3.63) is 0 Å². The van der Waals surface area contributed by atoms with E-state index in [1.807, 2.05) is 0 Å². The molecule has 0 aromatic heterocycles. The molecular formula is CH3Li3OSi. The van der Waals surface area contributed by atoms with Crippen LogP contribution in [0, 0.1) is 0 Å². The second kappa shape index (κ2) is 3.09. The SMILES string of the molecule is [Li][Si]([Li])([Li])OC. The average molecular weight is 79.9 g/mol. The second-order valence-corrected chi connectivity index (χ2v) is 6.95. The van der Waals surface area contributed by atoms with Crippen LogP contribution in [-0.4, -0.2) is 61.5 Å². The average Bonchev–Trinajstić information content (AvgIpc) is 1.35. The molecule has 0 heterocycles. The van der Waals surface area contributed by atoms with Crippen LogP contribution in [0.4, 0.5) is 0 Å². The third-order valence-electron chi connectivity index (χ3n) is 0.612. The molecule has 0 unspecified atom stereocenters. The molecule has 0 radical (unpaired) electrons. The van der Waals surface area contributed by atoms with E-state index in [0.29, 0.717) is 0 Å². The van der Waals surface area contributed by atoms with Crippen molar-refractivity contribution >= 4 is 54.4 Å². The Morgan fingerprint density at radius 3 is 1.50 bits per heavy atom. The molecule has 0 amide bonds. The van der Waals surface area contributed by atoms with Gasteiger partial charge < -0.3 is 0 Å². The van der Waals surface area contributed by atoms with Gasteiger partial charge in [0.25, 0.3) is 0 Å². The zero-order valence-electron chi connectivity index (χ0n) is 4.91. The summed E-state index contributed by atoms with van der Waals surface area (Å²) in [4.78, 5) is 0. The van der Waals surface area contributed by atoms with E-state index in [1.165, 1.54) is 0 Å². The van der Waals surface area contributed by atoms with Gasteiger partial charge in [-0.15, -0.1) is 0 Å². The Hall–Kier alpha value is 1.97. The molecule has 5 heteroatoms. The first-order valence-corrected chi connectivity index (χ1v) is 5.52. The minimum atomic E-state index is -1.13. The van der Waals surface area contributed by atoms with Gasteiger partial charge in [-0.05, 0) is 0 Å². The zero-order valence-corrected chi connectivity index (χ0v) is 5.91. The fraction of sp³-hybridized carbons (Fsp3) is 1.00. The van der Waals surface area contributed by atoms with E-state index in [2.05, 4.69) is 51.1 Å². The summed E-state index contributed by atoms with van der Waals surface area (Å²) in [5.74, 6) is 0. The van der Waals surface area contributed by atoms with Crippen LogP contribution in [-0.2, 0) is 4.43 Å². The Kier molecular flexibility index (Phi) is 4.10. The Morgan fingerprint density at radius 2 is 1.50 bits per heavy atom. The Bertz CT molecular complexity index is 40.5. The molecular weight excluding hydrogens is 76.9 g/mol. The fourth-order valence-electron chi connectivity index (χ4n) is 0. The van der Waals surface area contributed by atoms with Crippen molar-refractivity contribution < 1.29 is 4.43 Å². The van der Waals surface area contributed by atoms with Crippen molar-refractivity contribution in [2.75, 3.05) is 7.11 Å². The van der Waals surface area contributed by atoms with Gasteiger partial charge in [0.2, 0.25) is 0 Å². The molecule has 1 nitrogen and oxygen atoms in total. The minimum absolute atomic E-state index is 1.13. The first kappa shape index (κ1) is 7.97. The van der Waals surface area contributed by atoms with E-state index < -0.39 is 3.29 Å². The van der Waals surface area contributed by atoms with E-state index >= 15 is 0 Å². The van der Waals surface area contributed by atoms with Gasteiger partial charge in [0.05, 0.1) is 0 Å². The van der Waals surface area contributed by atoms with Crippen LogP contribution < -0.4 is 0 Å². The molecule has 0 aliphatic heterocycles. The van der Waals surface area contributed by atoms with Gasteiger partial charge in [-0.1, -0.05) is 0 Å². The van der Waals surface area contributed by atoms with Crippen LogP contribution in [0.1, 0.15) is 0 Å². The molecule has 0 aliphatic rings. The topological polar surface area (TPSA) is 9.23 Å². The van der Waals surface area contributed by atoms with E-state index in [1.54, 1.807) is 7.11 Å². The standard InChI is InChI=1S/CH3OSi.3Li/c1-2-3;;;/h1H3;;;. The molecule has 0 aromatic carbocycles. The van der Waals surface area contributed by atoms with E-state index in [0.717, 1.165) is 0 Å². The summed E-state index contributed by atoms with van der Waals surface area (Å²) in [5.41, 5.74) is 0. The molecule has 0 saturated carbocycles. The number of hydrogen-bond donors (Lipinski definition) is 0. The Balaban J connectivity index is 3.17. The molecule has 0 aromatic rings. The molecule has 20 valence electrons. The van der Waals surface area contributed by atoms with Crippen LogP contribution in [0.3, 0.4) is 0 Å². The molecule has 0 spiro atoms. The first-order chi connectivity index (χ1) is 2.56. The van der Waals surface area contributed by atoms with Crippen molar-refractivity contribution in [1.82, 2.24) is 0 Å². The maximum atomic E-state index is 5.08. The summed E-state index contributed by atoms with van der Waals surface area (Å²) in [5, 5.41) is 0. The molecule has 0 N–H and O–H groups in total. The predicted octanol–water partition coefficient (Wildman–Crippen LogP) is -1.43. The summed E-state index contributed by atoms with van der Waals surface area (Å²) in [6, 6.07) is 0. The number of hydrogen-bond acceptors (Lipinski definition) is 1. The number of rotatable bonds is 1.